The molecule has 0 saturated heterocycles. The second-order valence-electron chi connectivity index (χ2n) is 6.64. The summed E-state index contributed by atoms with van der Waals surface area (Å²) in [6, 6.07) is 4.90. The summed E-state index contributed by atoms with van der Waals surface area (Å²) in [4.78, 5) is 4.14. The van der Waals surface area contributed by atoms with Crippen molar-refractivity contribution in [2.75, 3.05) is 6.54 Å². The lowest BCUT2D eigenvalue weighted by Crippen LogP contribution is -2.44. The maximum atomic E-state index is 4.14. The first-order valence-electron chi connectivity index (χ1n) is 7.69. The van der Waals surface area contributed by atoms with Crippen molar-refractivity contribution in [3.8, 4) is 0 Å². The van der Waals surface area contributed by atoms with Crippen molar-refractivity contribution in [1.82, 2.24) is 10.3 Å². The summed E-state index contributed by atoms with van der Waals surface area (Å²) < 4.78 is 0. The van der Waals surface area contributed by atoms with Gasteiger partial charge in [-0.3, -0.25) is 4.98 Å². The Morgan fingerprint density at radius 3 is 2.58 bits per heavy atom. The zero-order valence-corrected chi connectivity index (χ0v) is 12.8. The Labute approximate surface area is 118 Å². The van der Waals surface area contributed by atoms with Gasteiger partial charge in [-0.25, -0.2) is 0 Å². The zero-order chi connectivity index (χ0) is 13.9. The smallest absolute Gasteiger partial charge is 0.0270 e. The number of hydrogen-bond acceptors (Lipinski definition) is 2. The van der Waals surface area contributed by atoms with Gasteiger partial charge in [0.05, 0.1) is 0 Å². The lowest BCUT2D eigenvalue weighted by molar-refractivity contribution is 0.182. The van der Waals surface area contributed by atoms with Gasteiger partial charge in [-0.2, -0.15) is 0 Å². The first-order chi connectivity index (χ1) is 9.06. The molecule has 2 rings (SSSR count). The minimum Gasteiger partial charge on any atom is -0.313 e. The molecule has 0 aromatic carbocycles. The van der Waals surface area contributed by atoms with E-state index in [9.17, 15) is 0 Å². The third kappa shape index (κ3) is 3.17. The molecule has 1 heterocycles. The standard InChI is InChI=1S/C17H28N2/c1-5-19-16(15-7-6-10-17(15,3)4)13(2)14-8-11-18-12-9-14/h8-9,11-13,15-16,19H,5-7,10H2,1-4H3. The van der Waals surface area contributed by atoms with Crippen LogP contribution in [-0.4, -0.2) is 17.6 Å². The molecule has 3 atom stereocenters. The Bertz CT molecular complexity index is 386. The van der Waals surface area contributed by atoms with E-state index in [1.165, 1.54) is 24.8 Å². The molecule has 2 heteroatoms. The van der Waals surface area contributed by atoms with Gasteiger partial charge in [-0.05, 0) is 54.3 Å². The number of pyridine rings is 1. The first kappa shape index (κ1) is 14.5. The van der Waals surface area contributed by atoms with Gasteiger partial charge < -0.3 is 5.32 Å². The molecule has 1 aromatic rings. The third-order valence-corrected chi connectivity index (χ3v) is 4.98. The first-order valence-corrected chi connectivity index (χ1v) is 7.69. The van der Waals surface area contributed by atoms with E-state index in [2.05, 4.69) is 50.1 Å². The van der Waals surface area contributed by atoms with Gasteiger partial charge in [0.15, 0.2) is 0 Å². The van der Waals surface area contributed by atoms with E-state index < -0.39 is 0 Å². The monoisotopic (exact) mass is 260 g/mol. The second kappa shape index (κ2) is 6.04. The Morgan fingerprint density at radius 2 is 2.05 bits per heavy atom. The van der Waals surface area contributed by atoms with Crippen LogP contribution >= 0.6 is 0 Å². The molecule has 1 fully saturated rings. The van der Waals surface area contributed by atoms with Crippen LogP contribution in [0, 0.1) is 11.3 Å². The Morgan fingerprint density at radius 1 is 1.37 bits per heavy atom. The van der Waals surface area contributed by atoms with E-state index in [4.69, 9.17) is 0 Å². The number of nitrogens with zero attached hydrogens (tertiary/aromatic N) is 1. The van der Waals surface area contributed by atoms with Gasteiger partial charge in [0.2, 0.25) is 0 Å². The van der Waals surface area contributed by atoms with E-state index in [1.54, 1.807) is 0 Å². The zero-order valence-electron chi connectivity index (χ0n) is 12.8. The average Bonchev–Trinajstić information content (AvgIpc) is 2.76. The molecule has 1 N–H and O–H groups in total. The van der Waals surface area contributed by atoms with Crippen molar-refractivity contribution in [1.29, 1.82) is 0 Å². The second-order valence-corrected chi connectivity index (χ2v) is 6.64. The van der Waals surface area contributed by atoms with Gasteiger partial charge in [0.25, 0.3) is 0 Å². The predicted molar refractivity (Wildman–Crippen MR) is 81.2 cm³/mol. The molecule has 0 amide bonds. The quantitative estimate of drug-likeness (QED) is 0.866. The normalized spacial score (nSPS) is 25.2. The molecule has 1 aromatic heterocycles. The van der Waals surface area contributed by atoms with Crippen LogP contribution in [0.15, 0.2) is 24.5 Å². The highest BCUT2D eigenvalue weighted by molar-refractivity contribution is 5.18. The van der Waals surface area contributed by atoms with Crippen molar-refractivity contribution in [3.63, 3.8) is 0 Å². The summed E-state index contributed by atoms with van der Waals surface area (Å²) >= 11 is 0. The number of rotatable bonds is 5. The fraction of sp³-hybridized carbons (Fsp3) is 0.706. The number of likely N-dealkylation sites (N-methyl/N-ethyl adjacent to an activating group) is 1. The maximum absolute atomic E-state index is 4.14. The molecular weight excluding hydrogens is 232 g/mol. The van der Waals surface area contributed by atoms with Crippen molar-refractivity contribution >= 4 is 0 Å². The molecule has 19 heavy (non-hydrogen) atoms. The molecule has 0 radical (unpaired) electrons. The van der Waals surface area contributed by atoms with Crippen LogP contribution < -0.4 is 5.32 Å². The summed E-state index contributed by atoms with van der Waals surface area (Å²) in [5.41, 5.74) is 1.87. The SMILES string of the molecule is CCNC(C(C)c1ccncc1)C1CCCC1(C)C. The number of aromatic nitrogens is 1. The van der Waals surface area contributed by atoms with Crippen LogP contribution in [0.1, 0.15) is 58.4 Å². The Hall–Kier alpha value is -0.890. The van der Waals surface area contributed by atoms with Crippen molar-refractivity contribution in [2.24, 2.45) is 11.3 Å². The summed E-state index contributed by atoms with van der Waals surface area (Å²) in [5, 5.41) is 3.76. The third-order valence-electron chi connectivity index (χ3n) is 4.98. The van der Waals surface area contributed by atoms with Crippen LogP contribution in [0.3, 0.4) is 0 Å². The summed E-state index contributed by atoms with van der Waals surface area (Å²) in [5.74, 6) is 1.32. The van der Waals surface area contributed by atoms with Crippen LogP contribution in [0.4, 0.5) is 0 Å². The van der Waals surface area contributed by atoms with E-state index in [0.29, 0.717) is 17.4 Å². The van der Waals surface area contributed by atoms with Gasteiger partial charge >= 0.3 is 0 Å². The average molecular weight is 260 g/mol. The molecular formula is C17H28N2. The van der Waals surface area contributed by atoms with Crippen LogP contribution in [-0.2, 0) is 0 Å². The van der Waals surface area contributed by atoms with Crippen LogP contribution in [0.5, 0.6) is 0 Å². The predicted octanol–water partition coefficient (Wildman–Crippen LogP) is 3.99. The molecule has 0 bridgehead atoms. The highest BCUT2D eigenvalue weighted by Crippen LogP contribution is 2.47. The minimum absolute atomic E-state index is 0.466. The minimum atomic E-state index is 0.466. The van der Waals surface area contributed by atoms with Gasteiger partial charge in [0.1, 0.15) is 0 Å². The van der Waals surface area contributed by atoms with E-state index >= 15 is 0 Å². The molecule has 2 nitrogen and oxygen atoms in total. The van der Waals surface area contributed by atoms with Gasteiger partial charge in [-0.1, -0.05) is 34.1 Å². The lowest BCUT2D eigenvalue weighted by atomic mass is 9.72. The Kier molecular flexibility index (Phi) is 4.62. The molecule has 3 unspecified atom stereocenters. The fourth-order valence-corrected chi connectivity index (χ4v) is 3.80. The summed E-state index contributed by atoms with van der Waals surface area (Å²) in [7, 11) is 0. The van der Waals surface area contributed by atoms with Crippen LogP contribution in [0.2, 0.25) is 0 Å². The molecule has 0 aliphatic heterocycles. The van der Waals surface area contributed by atoms with Crippen LogP contribution in [0.25, 0.3) is 0 Å². The highest BCUT2D eigenvalue weighted by atomic mass is 14.9. The molecule has 0 spiro atoms. The maximum Gasteiger partial charge on any atom is 0.0270 e. The molecule has 1 aliphatic rings. The molecule has 106 valence electrons. The largest absolute Gasteiger partial charge is 0.313 e. The van der Waals surface area contributed by atoms with E-state index in [1.807, 2.05) is 12.4 Å². The highest BCUT2D eigenvalue weighted by Gasteiger charge is 2.41. The summed E-state index contributed by atoms with van der Waals surface area (Å²) in [6.45, 7) is 10.5. The molecule has 1 aliphatic carbocycles. The van der Waals surface area contributed by atoms with Gasteiger partial charge in [-0.15, -0.1) is 0 Å². The fourth-order valence-electron chi connectivity index (χ4n) is 3.80. The lowest BCUT2D eigenvalue weighted by Gasteiger charge is -2.38. The van der Waals surface area contributed by atoms with Crippen molar-refractivity contribution in [2.45, 2.75) is 58.9 Å². The van der Waals surface area contributed by atoms with Gasteiger partial charge in [0, 0.05) is 18.4 Å². The topological polar surface area (TPSA) is 24.9 Å². The van der Waals surface area contributed by atoms with Crippen molar-refractivity contribution < 1.29 is 0 Å². The number of hydrogen-bond donors (Lipinski definition) is 1. The summed E-state index contributed by atoms with van der Waals surface area (Å²) in [6.07, 6.45) is 7.93. The Balaban J connectivity index is 2.20. The van der Waals surface area contributed by atoms with E-state index in [-0.39, 0.29) is 0 Å². The molecule has 1 saturated carbocycles. The van der Waals surface area contributed by atoms with Crippen molar-refractivity contribution in [3.05, 3.63) is 30.1 Å². The van der Waals surface area contributed by atoms with E-state index in [0.717, 1.165) is 12.5 Å². The number of nitrogens with one attached hydrogen (secondary N) is 1.